The molecule has 5 nitrogen and oxygen atoms in total. The van der Waals surface area contributed by atoms with Gasteiger partial charge in [0.1, 0.15) is 13.5 Å². The van der Waals surface area contributed by atoms with Crippen LogP contribution in [0.1, 0.15) is 30.6 Å². The van der Waals surface area contributed by atoms with Crippen LogP contribution in [0.15, 0.2) is 6.20 Å². The minimum Gasteiger partial charge on any atom is -0.246 e. The zero-order chi connectivity index (χ0) is 17.7. The molecule has 1 aromatic rings. The average Bonchev–Trinajstić information content (AvgIpc) is 2.71. The number of imidazole rings is 1. The first kappa shape index (κ1) is 12.1. The molecule has 0 aliphatic carbocycles. The maximum Gasteiger partial charge on any atom is 0.308 e. The Kier molecular flexibility index (Phi) is 3.00. The molecule has 0 spiro atoms. The molecule has 0 N–H and O–H groups in total. The molecule has 0 aliphatic heterocycles. The number of nitrogens with zero attached hydrogens (tertiary/aromatic N) is 3. The molecule has 0 saturated carbocycles. The fraction of sp³-hybridized carbons (Fsp3) is 0.750. The van der Waals surface area contributed by atoms with E-state index in [1.807, 2.05) is 33.9 Å². The monoisotopic (exact) mass is 306 g/mol. The van der Waals surface area contributed by atoms with Crippen molar-refractivity contribution in [2.75, 3.05) is 14.1 Å². The van der Waals surface area contributed by atoms with Crippen molar-refractivity contribution in [3.05, 3.63) is 11.9 Å². The van der Waals surface area contributed by atoms with E-state index in [0.717, 1.165) is 8.28 Å². The van der Waals surface area contributed by atoms with Crippen LogP contribution in [0.25, 0.3) is 0 Å². The number of hydrogen-bond acceptors (Lipinski definition) is 3. The molecule has 1 rings (SSSR count). The van der Waals surface area contributed by atoms with E-state index in [2.05, 4.69) is 4.98 Å². The van der Waals surface area contributed by atoms with Crippen LogP contribution in [0, 0.1) is 6.85 Å². The standard InChI is InChI=1S/C12H25N3O2SSi/c1-10-9-13-11(19(7,8)12(2,3)4)15(10)18(16,17)14(5)6/h9H,1-8H3/i1D3. The molecule has 110 valence electrons. The number of aromatic nitrogens is 2. The molecule has 19 heavy (non-hydrogen) atoms. The molecule has 0 aliphatic rings. The molecule has 7 heteroatoms. The summed E-state index contributed by atoms with van der Waals surface area (Å²) in [7, 11) is -3.54. The lowest BCUT2D eigenvalue weighted by atomic mass is 10.2. The molecule has 0 amide bonds. The molecule has 0 bridgehead atoms. The normalized spacial score (nSPS) is 17.2. The third kappa shape index (κ3) is 2.64. The third-order valence-corrected chi connectivity index (χ3v) is 11.0. The Morgan fingerprint density at radius 1 is 1.37 bits per heavy atom. The van der Waals surface area contributed by atoms with Gasteiger partial charge in [0, 0.05) is 24.4 Å². The summed E-state index contributed by atoms with van der Waals surface area (Å²) in [5.74, 6) is 0. The largest absolute Gasteiger partial charge is 0.308 e. The molecular weight excluding hydrogens is 278 g/mol. The molecule has 0 saturated heterocycles. The van der Waals surface area contributed by atoms with E-state index in [1.54, 1.807) is 0 Å². The zero-order valence-electron chi connectivity index (χ0n) is 15.6. The second kappa shape index (κ2) is 4.71. The van der Waals surface area contributed by atoms with Gasteiger partial charge in [-0.25, -0.2) is 8.96 Å². The molecule has 0 radical (unpaired) electrons. The Morgan fingerprint density at radius 2 is 1.89 bits per heavy atom. The van der Waals surface area contributed by atoms with E-state index in [0.29, 0.717) is 5.45 Å². The van der Waals surface area contributed by atoms with Gasteiger partial charge in [-0.2, -0.15) is 12.7 Å². The van der Waals surface area contributed by atoms with Crippen LogP contribution >= 0.6 is 0 Å². The SMILES string of the molecule is [2H]C([2H])([2H])c1cnc([Si](C)(C)C(C)(C)C)n1S(=O)(=O)N(C)C. The van der Waals surface area contributed by atoms with Gasteiger partial charge in [-0.1, -0.05) is 33.9 Å². The zero-order valence-corrected chi connectivity index (χ0v) is 14.5. The second-order valence-corrected chi connectivity index (χ2v) is 13.6. The van der Waals surface area contributed by atoms with Crippen LogP contribution in [0.2, 0.25) is 18.1 Å². The maximum absolute atomic E-state index is 12.7. The number of rotatable bonds is 3. The molecule has 1 heterocycles. The first-order valence-corrected chi connectivity index (χ1v) is 10.5. The summed E-state index contributed by atoms with van der Waals surface area (Å²) < 4.78 is 50.1. The topological polar surface area (TPSA) is 55.2 Å². The van der Waals surface area contributed by atoms with Gasteiger partial charge in [-0.3, -0.25) is 0 Å². The summed E-state index contributed by atoms with van der Waals surface area (Å²) in [6.45, 7) is 7.53. The molecule has 0 atom stereocenters. The molecular formula is C12H25N3O2SSi. The van der Waals surface area contributed by atoms with E-state index >= 15 is 0 Å². The summed E-state index contributed by atoms with van der Waals surface area (Å²) in [4.78, 5) is 4.23. The smallest absolute Gasteiger partial charge is 0.246 e. The fourth-order valence-electron chi connectivity index (χ4n) is 1.49. The van der Waals surface area contributed by atoms with Crippen molar-refractivity contribution in [3.8, 4) is 0 Å². The number of hydrogen-bond donors (Lipinski definition) is 0. The van der Waals surface area contributed by atoms with Crippen LogP contribution in [0.5, 0.6) is 0 Å². The highest BCUT2D eigenvalue weighted by atomic mass is 32.2. The van der Waals surface area contributed by atoms with E-state index in [-0.39, 0.29) is 10.7 Å². The summed E-state index contributed by atoms with van der Waals surface area (Å²) in [5.41, 5.74) is 0.0980. The Bertz CT molecular complexity index is 658. The third-order valence-electron chi connectivity index (χ3n) is 3.85. The summed E-state index contributed by atoms with van der Waals surface area (Å²) in [5, 5.41) is -0.177. The first-order chi connectivity index (χ1) is 9.54. The summed E-state index contributed by atoms with van der Waals surface area (Å²) in [6, 6.07) is 0. The van der Waals surface area contributed by atoms with Gasteiger partial charge in [0.05, 0.1) is 5.69 Å². The van der Waals surface area contributed by atoms with Gasteiger partial charge in [0.25, 0.3) is 0 Å². The van der Waals surface area contributed by atoms with Gasteiger partial charge >= 0.3 is 10.2 Å². The van der Waals surface area contributed by atoms with E-state index in [1.165, 1.54) is 20.3 Å². The Balaban J connectivity index is 3.83. The number of aryl methyl sites for hydroxylation is 1. The van der Waals surface area contributed by atoms with Gasteiger partial charge in [0.15, 0.2) is 0 Å². The molecule has 0 aromatic carbocycles. The highest BCUT2D eigenvalue weighted by molar-refractivity contribution is 7.87. The van der Waals surface area contributed by atoms with Gasteiger partial charge in [0.2, 0.25) is 0 Å². The van der Waals surface area contributed by atoms with E-state index < -0.39 is 25.1 Å². The predicted molar refractivity (Wildman–Crippen MR) is 81.8 cm³/mol. The van der Waals surface area contributed by atoms with Crippen molar-refractivity contribution in [3.63, 3.8) is 0 Å². The Morgan fingerprint density at radius 3 is 2.26 bits per heavy atom. The average molecular weight is 307 g/mol. The van der Waals surface area contributed by atoms with Crippen molar-refractivity contribution < 1.29 is 12.5 Å². The highest BCUT2D eigenvalue weighted by Gasteiger charge is 2.43. The van der Waals surface area contributed by atoms with Crippen LogP contribution in [-0.4, -0.2) is 43.8 Å². The van der Waals surface area contributed by atoms with E-state index in [4.69, 9.17) is 4.11 Å². The quantitative estimate of drug-likeness (QED) is 0.796. The minimum absolute atomic E-state index is 0.177. The van der Waals surface area contributed by atoms with E-state index in [9.17, 15) is 8.42 Å². The molecule has 0 unspecified atom stereocenters. The van der Waals surface area contributed by atoms with Crippen molar-refractivity contribution in [1.29, 1.82) is 0 Å². The van der Waals surface area contributed by atoms with Gasteiger partial charge in [-0.15, -0.1) is 0 Å². The Labute approximate surface area is 122 Å². The molecule has 0 fully saturated rings. The predicted octanol–water partition coefficient (Wildman–Crippen LogP) is 1.56. The Hall–Kier alpha value is -0.663. The summed E-state index contributed by atoms with van der Waals surface area (Å²) in [6.07, 6.45) is 1.17. The first-order valence-electron chi connectivity index (χ1n) is 7.56. The highest BCUT2D eigenvalue weighted by Crippen LogP contribution is 2.35. The van der Waals surface area contributed by atoms with Crippen molar-refractivity contribution >= 4 is 23.7 Å². The van der Waals surface area contributed by atoms with Crippen LogP contribution in [-0.2, 0) is 10.2 Å². The van der Waals surface area contributed by atoms with Crippen molar-refractivity contribution in [2.24, 2.45) is 0 Å². The van der Waals surface area contributed by atoms with Crippen LogP contribution in [0.3, 0.4) is 0 Å². The summed E-state index contributed by atoms with van der Waals surface area (Å²) >= 11 is 0. The maximum atomic E-state index is 12.7. The van der Waals surface area contributed by atoms with Crippen LogP contribution < -0.4 is 5.45 Å². The van der Waals surface area contributed by atoms with Crippen LogP contribution in [0.4, 0.5) is 0 Å². The molecule has 1 aromatic heterocycles. The fourth-order valence-corrected chi connectivity index (χ4v) is 5.09. The minimum atomic E-state index is -3.96. The van der Waals surface area contributed by atoms with Gasteiger partial charge < -0.3 is 0 Å². The second-order valence-electron chi connectivity index (χ2n) is 6.40. The lowest BCUT2D eigenvalue weighted by Gasteiger charge is -2.36. The van der Waals surface area contributed by atoms with Crippen molar-refractivity contribution in [1.82, 2.24) is 13.3 Å². The van der Waals surface area contributed by atoms with Crippen molar-refractivity contribution in [2.45, 2.75) is 45.8 Å². The lowest BCUT2D eigenvalue weighted by Crippen LogP contribution is -2.56. The lowest BCUT2D eigenvalue weighted by molar-refractivity contribution is 0.510. The van der Waals surface area contributed by atoms with Gasteiger partial charge in [-0.05, 0) is 11.9 Å².